The number of esters is 1. The van der Waals surface area contributed by atoms with Crippen LogP contribution in [0.3, 0.4) is 0 Å². The maximum absolute atomic E-state index is 12.3. The van der Waals surface area contributed by atoms with Gasteiger partial charge >= 0.3 is 5.97 Å². The molecule has 8 nitrogen and oxygen atoms in total. The summed E-state index contributed by atoms with van der Waals surface area (Å²) >= 11 is 0. The number of hydrogen-bond donors (Lipinski definition) is 2. The van der Waals surface area contributed by atoms with E-state index in [0.717, 1.165) is 18.9 Å². The fraction of sp³-hybridized carbons (Fsp3) is 0.333. The average molecular weight is 399 g/mol. The van der Waals surface area contributed by atoms with E-state index in [4.69, 9.17) is 4.74 Å². The number of anilines is 1. The van der Waals surface area contributed by atoms with E-state index in [2.05, 4.69) is 10.6 Å². The molecule has 0 unspecified atom stereocenters. The number of hydrogen-bond acceptors (Lipinski definition) is 6. The Hall–Kier alpha value is -3.42. The number of nitro groups is 1. The monoisotopic (exact) mass is 399 g/mol. The lowest BCUT2D eigenvalue weighted by atomic mass is 10.1. The van der Waals surface area contributed by atoms with Gasteiger partial charge in [-0.2, -0.15) is 0 Å². The number of carbonyl (C=O) groups is 2. The quantitative estimate of drug-likeness (QED) is 0.380. The average Bonchev–Trinajstić information content (AvgIpc) is 2.72. The lowest BCUT2D eigenvalue weighted by molar-refractivity contribution is -0.384. The number of nitrogens with zero attached hydrogens (tertiary/aromatic N) is 1. The molecule has 2 N–H and O–H groups in total. The molecular formula is C21H25N3O5. The molecule has 0 spiro atoms. The highest BCUT2D eigenvalue weighted by molar-refractivity contribution is 5.93. The lowest BCUT2D eigenvalue weighted by Gasteiger charge is -2.18. The minimum Gasteiger partial charge on any atom is -0.449 e. The van der Waals surface area contributed by atoms with Crippen LogP contribution in [0.2, 0.25) is 0 Å². The minimum absolute atomic E-state index is 0.00692. The Balaban J connectivity index is 1.90. The zero-order valence-corrected chi connectivity index (χ0v) is 16.7. The van der Waals surface area contributed by atoms with Gasteiger partial charge in [0, 0.05) is 19.2 Å². The lowest BCUT2D eigenvalue weighted by Crippen LogP contribution is -2.41. The second-order valence-electron chi connectivity index (χ2n) is 6.72. The van der Waals surface area contributed by atoms with Crippen molar-refractivity contribution in [2.45, 2.75) is 38.8 Å². The van der Waals surface area contributed by atoms with Crippen molar-refractivity contribution in [1.82, 2.24) is 5.32 Å². The summed E-state index contributed by atoms with van der Waals surface area (Å²) in [7, 11) is 1.55. The van der Waals surface area contributed by atoms with Crippen LogP contribution in [0.25, 0.3) is 0 Å². The van der Waals surface area contributed by atoms with E-state index in [1.807, 2.05) is 37.3 Å². The molecule has 0 saturated carbocycles. The van der Waals surface area contributed by atoms with E-state index >= 15 is 0 Å². The first kappa shape index (κ1) is 21.9. The van der Waals surface area contributed by atoms with Gasteiger partial charge in [0.15, 0.2) is 6.10 Å². The van der Waals surface area contributed by atoms with Crippen LogP contribution in [0.4, 0.5) is 11.4 Å². The molecule has 154 valence electrons. The molecule has 29 heavy (non-hydrogen) atoms. The van der Waals surface area contributed by atoms with E-state index in [1.165, 1.54) is 24.6 Å². The molecule has 0 fully saturated rings. The molecule has 2 aromatic rings. The Labute approximate surface area is 169 Å². The number of nitro benzene ring substituents is 1. The van der Waals surface area contributed by atoms with Crippen molar-refractivity contribution in [3.05, 3.63) is 69.8 Å². The van der Waals surface area contributed by atoms with Gasteiger partial charge in [0.1, 0.15) is 5.69 Å². The first-order valence-electron chi connectivity index (χ1n) is 9.33. The number of aryl methyl sites for hydroxylation is 1. The van der Waals surface area contributed by atoms with E-state index in [-0.39, 0.29) is 23.0 Å². The Kier molecular flexibility index (Phi) is 7.70. The molecule has 0 aliphatic rings. The van der Waals surface area contributed by atoms with E-state index < -0.39 is 22.9 Å². The summed E-state index contributed by atoms with van der Waals surface area (Å²) in [6, 6.07) is 13.8. The predicted molar refractivity (Wildman–Crippen MR) is 110 cm³/mol. The number of ether oxygens (including phenoxy) is 1. The molecule has 2 rings (SSSR count). The summed E-state index contributed by atoms with van der Waals surface area (Å²) in [4.78, 5) is 35.1. The topological polar surface area (TPSA) is 111 Å². The molecule has 2 atom stereocenters. The molecule has 8 heteroatoms. The van der Waals surface area contributed by atoms with Crippen LogP contribution in [0.5, 0.6) is 0 Å². The largest absolute Gasteiger partial charge is 0.449 e. The van der Waals surface area contributed by atoms with Gasteiger partial charge in [-0.3, -0.25) is 14.9 Å². The molecule has 2 aromatic carbocycles. The van der Waals surface area contributed by atoms with Crippen LogP contribution in [0, 0.1) is 10.1 Å². The summed E-state index contributed by atoms with van der Waals surface area (Å²) in [5.74, 6) is -1.21. The maximum atomic E-state index is 12.3. The SMILES string of the molecule is CNc1ccc(C(=O)O[C@@H](C)C(=O)N[C@@H](C)CCc2ccccc2)cc1[N+](=O)[O-]. The molecule has 0 saturated heterocycles. The molecule has 0 radical (unpaired) electrons. The smallest absolute Gasteiger partial charge is 0.339 e. The molecule has 0 bridgehead atoms. The standard InChI is InChI=1S/C21H25N3O5/c1-14(9-10-16-7-5-4-6-8-16)23-20(25)15(2)29-21(26)17-11-12-18(22-3)19(13-17)24(27)28/h4-8,11-15,22H,9-10H2,1-3H3,(H,23,25)/t14-,15-/m0/s1. The van der Waals surface area contributed by atoms with Crippen LogP contribution in [0.15, 0.2) is 48.5 Å². The van der Waals surface area contributed by atoms with Crippen molar-refractivity contribution >= 4 is 23.3 Å². The number of amides is 1. The molecule has 0 heterocycles. The first-order valence-corrected chi connectivity index (χ1v) is 9.33. The molecular weight excluding hydrogens is 374 g/mol. The Morgan fingerprint density at radius 3 is 2.45 bits per heavy atom. The van der Waals surface area contributed by atoms with Crippen LogP contribution in [-0.2, 0) is 16.0 Å². The highest BCUT2D eigenvalue weighted by atomic mass is 16.6. The van der Waals surface area contributed by atoms with E-state index in [1.54, 1.807) is 7.05 Å². The summed E-state index contributed by atoms with van der Waals surface area (Å²) in [5, 5.41) is 16.6. The van der Waals surface area contributed by atoms with Crippen LogP contribution >= 0.6 is 0 Å². The van der Waals surface area contributed by atoms with Gasteiger partial charge in [-0.25, -0.2) is 4.79 Å². The van der Waals surface area contributed by atoms with Crippen molar-refractivity contribution in [2.24, 2.45) is 0 Å². The number of benzene rings is 2. The summed E-state index contributed by atoms with van der Waals surface area (Å²) in [6.45, 7) is 3.35. The third-order valence-electron chi connectivity index (χ3n) is 4.45. The highest BCUT2D eigenvalue weighted by Crippen LogP contribution is 2.25. The van der Waals surface area contributed by atoms with Crippen LogP contribution in [0.1, 0.15) is 36.2 Å². The second kappa shape index (κ2) is 10.2. The number of rotatable bonds is 9. The third-order valence-corrected chi connectivity index (χ3v) is 4.45. The van der Waals surface area contributed by atoms with Gasteiger partial charge in [0.05, 0.1) is 10.5 Å². The van der Waals surface area contributed by atoms with Gasteiger partial charge in [0.2, 0.25) is 0 Å². The Morgan fingerprint density at radius 2 is 1.83 bits per heavy atom. The summed E-state index contributed by atoms with van der Waals surface area (Å²) in [5.41, 5.74) is 1.23. The fourth-order valence-corrected chi connectivity index (χ4v) is 2.76. The Morgan fingerprint density at radius 1 is 1.14 bits per heavy atom. The van der Waals surface area contributed by atoms with E-state index in [9.17, 15) is 19.7 Å². The predicted octanol–water partition coefficient (Wildman–Crippen LogP) is 3.32. The Bertz CT molecular complexity index is 870. The first-order chi connectivity index (χ1) is 13.8. The number of nitrogens with one attached hydrogen (secondary N) is 2. The second-order valence-corrected chi connectivity index (χ2v) is 6.72. The van der Waals surface area contributed by atoms with E-state index in [0.29, 0.717) is 0 Å². The van der Waals surface area contributed by atoms with Crippen molar-refractivity contribution in [3.63, 3.8) is 0 Å². The van der Waals surface area contributed by atoms with Gasteiger partial charge in [-0.1, -0.05) is 30.3 Å². The molecule has 0 aliphatic carbocycles. The van der Waals surface area contributed by atoms with Crippen LogP contribution < -0.4 is 10.6 Å². The zero-order chi connectivity index (χ0) is 21.4. The van der Waals surface area contributed by atoms with Crippen LogP contribution in [-0.4, -0.2) is 36.0 Å². The van der Waals surface area contributed by atoms with Crippen molar-refractivity contribution in [3.8, 4) is 0 Å². The van der Waals surface area contributed by atoms with Crippen molar-refractivity contribution in [2.75, 3.05) is 12.4 Å². The molecule has 1 amide bonds. The normalized spacial score (nSPS) is 12.5. The highest BCUT2D eigenvalue weighted by Gasteiger charge is 2.23. The van der Waals surface area contributed by atoms with Gasteiger partial charge < -0.3 is 15.4 Å². The zero-order valence-electron chi connectivity index (χ0n) is 16.7. The van der Waals surface area contributed by atoms with Gasteiger partial charge in [-0.05, 0) is 44.4 Å². The van der Waals surface area contributed by atoms with Gasteiger partial charge in [0.25, 0.3) is 11.6 Å². The van der Waals surface area contributed by atoms with Crippen molar-refractivity contribution in [1.29, 1.82) is 0 Å². The third kappa shape index (κ3) is 6.31. The maximum Gasteiger partial charge on any atom is 0.339 e. The summed E-state index contributed by atoms with van der Waals surface area (Å²) < 4.78 is 5.18. The minimum atomic E-state index is -1.02. The molecule has 0 aliphatic heterocycles. The summed E-state index contributed by atoms with van der Waals surface area (Å²) in [6.07, 6.45) is 0.538. The van der Waals surface area contributed by atoms with Gasteiger partial charge in [-0.15, -0.1) is 0 Å². The van der Waals surface area contributed by atoms with Crippen molar-refractivity contribution < 1.29 is 19.2 Å². The molecule has 0 aromatic heterocycles. The fourth-order valence-electron chi connectivity index (χ4n) is 2.76. The number of carbonyl (C=O) groups excluding carboxylic acids is 2.